The van der Waals surface area contributed by atoms with E-state index in [4.69, 9.17) is 23.2 Å². The van der Waals surface area contributed by atoms with Crippen LogP contribution in [0.4, 0.5) is 0 Å². The van der Waals surface area contributed by atoms with Crippen molar-refractivity contribution in [2.45, 2.75) is 58.5 Å². The number of rotatable bonds is 11. The van der Waals surface area contributed by atoms with E-state index in [9.17, 15) is 8.42 Å². The van der Waals surface area contributed by atoms with Crippen LogP contribution in [-0.4, -0.2) is 44.4 Å². The molecule has 38 heavy (non-hydrogen) atoms. The quantitative estimate of drug-likeness (QED) is 0.229. The molecule has 0 amide bonds. The lowest BCUT2D eigenvalue weighted by Crippen LogP contribution is -3.00. The smallest absolute Gasteiger partial charge is 0.246 e. The van der Waals surface area contributed by atoms with Gasteiger partial charge in [0, 0.05) is 18.7 Å². The molecule has 8 heteroatoms. The van der Waals surface area contributed by atoms with Crippen LogP contribution in [0.25, 0.3) is 0 Å². The maximum absolute atomic E-state index is 13.8. The van der Waals surface area contributed by atoms with Crippen LogP contribution in [0.2, 0.25) is 10.0 Å². The van der Waals surface area contributed by atoms with Crippen molar-refractivity contribution in [2.24, 2.45) is 0 Å². The van der Waals surface area contributed by atoms with Gasteiger partial charge in [0.15, 0.2) is 0 Å². The molecule has 0 fully saturated rings. The molecule has 0 aliphatic heterocycles. The summed E-state index contributed by atoms with van der Waals surface area (Å²) in [6, 6.07) is 17.7. The summed E-state index contributed by atoms with van der Waals surface area (Å²) < 4.78 is 30.0. The van der Waals surface area contributed by atoms with E-state index >= 15 is 0 Å². The Hall–Kier alpha value is -1.41. The van der Waals surface area contributed by atoms with Gasteiger partial charge in [-0.1, -0.05) is 87.9 Å². The number of hydrogen-bond acceptors (Lipinski definition) is 2. The first kappa shape index (κ1) is 32.8. The monoisotopic (exact) mass is 640 g/mol. The molecule has 0 saturated carbocycles. The molecule has 208 valence electrons. The van der Waals surface area contributed by atoms with Gasteiger partial charge in [0.1, 0.15) is 11.4 Å². The van der Waals surface area contributed by atoms with Crippen molar-refractivity contribution in [3.8, 4) is 0 Å². The third-order valence-corrected chi connectivity index (χ3v) is 9.27. The molecule has 3 rings (SSSR count). The van der Waals surface area contributed by atoms with Crippen LogP contribution in [0.1, 0.15) is 46.2 Å². The molecule has 3 aromatic carbocycles. The molecule has 3 aromatic rings. The second-order valence-electron chi connectivity index (χ2n) is 10.9. The first-order chi connectivity index (χ1) is 17.3. The van der Waals surface area contributed by atoms with Gasteiger partial charge in [0.05, 0.1) is 30.7 Å². The SMILES string of the molecule is Cc1cc(C)cc(CN(CCCC[N+](C)(C)Cc2cc(C)cc(C)c2)S(=O)(=O)c2c(Cl)cccc2Cl)c1.[Br-]. The maximum atomic E-state index is 13.8. The van der Waals surface area contributed by atoms with E-state index in [2.05, 4.69) is 52.2 Å². The van der Waals surface area contributed by atoms with E-state index in [0.717, 1.165) is 47.1 Å². The zero-order valence-electron chi connectivity index (χ0n) is 23.2. The normalized spacial score (nSPS) is 12.0. The van der Waals surface area contributed by atoms with Gasteiger partial charge in [0.2, 0.25) is 10.0 Å². The molecule has 0 radical (unpaired) electrons. The Morgan fingerprint density at radius 1 is 0.763 bits per heavy atom. The highest BCUT2D eigenvalue weighted by Crippen LogP contribution is 2.32. The molecule has 0 atom stereocenters. The molecule has 0 heterocycles. The Bertz CT molecular complexity index is 1300. The highest BCUT2D eigenvalue weighted by molar-refractivity contribution is 7.89. The third-order valence-electron chi connectivity index (χ3n) is 6.47. The van der Waals surface area contributed by atoms with Crippen molar-refractivity contribution >= 4 is 33.2 Å². The second-order valence-corrected chi connectivity index (χ2v) is 13.6. The van der Waals surface area contributed by atoms with Gasteiger partial charge in [-0.2, -0.15) is 4.31 Å². The van der Waals surface area contributed by atoms with Crippen molar-refractivity contribution in [1.29, 1.82) is 0 Å². The fraction of sp³-hybridized carbons (Fsp3) is 0.400. The highest BCUT2D eigenvalue weighted by Gasteiger charge is 2.29. The third kappa shape index (κ3) is 9.07. The number of quaternary nitrogens is 1. The van der Waals surface area contributed by atoms with Gasteiger partial charge in [-0.25, -0.2) is 8.42 Å². The van der Waals surface area contributed by atoms with Crippen molar-refractivity contribution in [1.82, 2.24) is 4.31 Å². The zero-order valence-corrected chi connectivity index (χ0v) is 27.1. The predicted octanol–water partition coefficient (Wildman–Crippen LogP) is 4.48. The average Bonchev–Trinajstić information content (AvgIpc) is 2.73. The number of nitrogens with zero attached hydrogens (tertiary/aromatic N) is 2. The summed E-state index contributed by atoms with van der Waals surface area (Å²) in [5.41, 5.74) is 7.05. The summed E-state index contributed by atoms with van der Waals surface area (Å²) >= 11 is 12.7. The molecule has 0 saturated heterocycles. The predicted molar refractivity (Wildman–Crippen MR) is 156 cm³/mol. The van der Waals surface area contributed by atoms with Crippen molar-refractivity contribution in [2.75, 3.05) is 27.2 Å². The Kier molecular flexibility index (Phi) is 11.9. The fourth-order valence-electron chi connectivity index (χ4n) is 5.07. The molecule has 0 aliphatic carbocycles. The lowest BCUT2D eigenvalue weighted by Gasteiger charge is -2.31. The molecule has 0 N–H and O–H groups in total. The summed E-state index contributed by atoms with van der Waals surface area (Å²) in [5.74, 6) is 0. The number of aryl methyl sites for hydroxylation is 4. The maximum Gasteiger partial charge on any atom is 0.246 e. The van der Waals surface area contributed by atoms with E-state index in [1.807, 2.05) is 26.0 Å². The number of benzene rings is 3. The lowest BCUT2D eigenvalue weighted by molar-refractivity contribution is -0.903. The van der Waals surface area contributed by atoms with Crippen molar-refractivity contribution in [3.05, 3.63) is 98.0 Å². The topological polar surface area (TPSA) is 37.4 Å². The zero-order chi connectivity index (χ0) is 27.4. The van der Waals surface area contributed by atoms with E-state index in [1.165, 1.54) is 21.0 Å². The number of hydrogen-bond donors (Lipinski definition) is 0. The fourth-order valence-corrected chi connectivity index (χ4v) is 7.63. The first-order valence-electron chi connectivity index (χ1n) is 12.7. The van der Waals surface area contributed by atoms with E-state index in [-0.39, 0.29) is 38.5 Å². The molecular formula is C30H39BrCl2N2O2S. The van der Waals surface area contributed by atoms with Crippen molar-refractivity contribution in [3.63, 3.8) is 0 Å². The number of unbranched alkanes of at least 4 members (excludes halogenated alkanes) is 1. The Labute approximate surface area is 250 Å². The van der Waals surface area contributed by atoms with E-state index < -0.39 is 10.0 Å². The summed E-state index contributed by atoms with van der Waals surface area (Å²) in [7, 11) is 0.559. The minimum Gasteiger partial charge on any atom is -1.00 e. The van der Waals surface area contributed by atoms with Gasteiger partial charge in [-0.05, 0) is 58.2 Å². The molecule has 0 spiro atoms. The molecule has 0 unspecified atom stereocenters. The first-order valence-corrected chi connectivity index (χ1v) is 14.9. The van der Waals surface area contributed by atoms with Crippen LogP contribution in [0, 0.1) is 27.7 Å². The molecule has 0 aliphatic rings. The average molecular weight is 643 g/mol. The summed E-state index contributed by atoms with van der Waals surface area (Å²) in [4.78, 5) is -0.0198. The molecule has 4 nitrogen and oxygen atoms in total. The van der Waals surface area contributed by atoms with Crippen molar-refractivity contribution < 1.29 is 29.9 Å². The summed E-state index contributed by atoms with van der Waals surface area (Å²) in [6.07, 6.45) is 1.63. The number of sulfonamides is 1. The van der Waals surface area contributed by atoms with Crippen LogP contribution < -0.4 is 17.0 Å². The molecular weight excluding hydrogens is 603 g/mol. The molecule has 0 bridgehead atoms. The molecule has 0 aromatic heterocycles. The largest absolute Gasteiger partial charge is 1.00 e. The highest BCUT2D eigenvalue weighted by atomic mass is 79.9. The van der Waals surface area contributed by atoms with Crippen LogP contribution >= 0.6 is 23.2 Å². The Morgan fingerprint density at radius 3 is 1.74 bits per heavy atom. The second kappa shape index (κ2) is 13.8. The van der Waals surface area contributed by atoms with Crippen LogP contribution in [-0.2, 0) is 23.1 Å². The minimum atomic E-state index is -3.90. The van der Waals surface area contributed by atoms with E-state index in [0.29, 0.717) is 6.54 Å². The van der Waals surface area contributed by atoms with Gasteiger partial charge in [-0.3, -0.25) is 0 Å². The Balaban J connectivity index is 0.00000507. The van der Waals surface area contributed by atoms with Crippen LogP contribution in [0.5, 0.6) is 0 Å². The Morgan fingerprint density at radius 2 is 1.24 bits per heavy atom. The lowest BCUT2D eigenvalue weighted by atomic mass is 10.1. The van der Waals surface area contributed by atoms with E-state index in [1.54, 1.807) is 18.2 Å². The summed E-state index contributed by atoms with van der Waals surface area (Å²) in [5, 5.41) is 0.286. The number of halogens is 3. The van der Waals surface area contributed by atoms with Crippen LogP contribution in [0.3, 0.4) is 0 Å². The van der Waals surface area contributed by atoms with Gasteiger partial charge in [0.25, 0.3) is 0 Å². The van der Waals surface area contributed by atoms with Gasteiger partial charge in [-0.15, -0.1) is 0 Å². The minimum absolute atomic E-state index is 0. The van der Waals surface area contributed by atoms with Gasteiger partial charge >= 0.3 is 0 Å². The van der Waals surface area contributed by atoms with Crippen LogP contribution in [0.15, 0.2) is 59.5 Å². The standard InChI is InChI=1S/C30H39Cl2N2O2S.BrH/c1-22-14-23(2)17-26(16-22)20-33(37(35,36)30-28(31)10-9-11-29(30)32)12-7-8-13-34(5,6)21-27-18-24(3)15-25(4)19-27;/h9-11,14-19H,7-8,12-13,20-21H2,1-6H3;1H/q+1;/p-1. The summed E-state index contributed by atoms with van der Waals surface area (Å²) in [6.45, 7) is 10.8. The van der Waals surface area contributed by atoms with Gasteiger partial charge < -0.3 is 21.5 Å².